The van der Waals surface area contributed by atoms with Crippen LogP contribution >= 0.6 is 11.6 Å². The number of ether oxygens (including phenoxy) is 2. The quantitative estimate of drug-likeness (QED) is 0.692. The zero-order valence-electron chi connectivity index (χ0n) is 13.6. The summed E-state index contributed by atoms with van der Waals surface area (Å²) in [6, 6.07) is 13.3. The van der Waals surface area contributed by atoms with E-state index in [9.17, 15) is 0 Å². The van der Waals surface area contributed by atoms with Crippen LogP contribution in [0.1, 0.15) is 36.5 Å². The minimum absolute atomic E-state index is 0.363. The minimum atomic E-state index is 0.363. The standard InChI is InChI=1S/C19H20ClNO2/c1-13(2)17-6-4-14(3)10-19(17)23-9-8-22-18-7-5-16(20)11-15(18)12-21/h4-7,10-11,13H,8-9H2,1-3H3. The van der Waals surface area contributed by atoms with Gasteiger partial charge in [-0.1, -0.05) is 37.6 Å². The van der Waals surface area contributed by atoms with E-state index in [2.05, 4.69) is 32.0 Å². The van der Waals surface area contributed by atoms with Crippen LogP contribution in [0.3, 0.4) is 0 Å². The fourth-order valence-corrected chi connectivity index (χ4v) is 2.43. The Balaban J connectivity index is 1.96. The third kappa shape index (κ3) is 4.64. The van der Waals surface area contributed by atoms with Crippen LogP contribution in [0, 0.1) is 18.3 Å². The van der Waals surface area contributed by atoms with E-state index in [1.54, 1.807) is 18.2 Å². The number of benzene rings is 2. The maximum Gasteiger partial charge on any atom is 0.137 e. The molecule has 0 unspecified atom stereocenters. The molecule has 3 nitrogen and oxygen atoms in total. The van der Waals surface area contributed by atoms with Crippen molar-refractivity contribution in [1.29, 1.82) is 5.26 Å². The number of hydrogen-bond donors (Lipinski definition) is 0. The summed E-state index contributed by atoms with van der Waals surface area (Å²) >= 11 is 5.87. The lowest BCUT2D eigenvalue weighted by molar-refractivity contribution is 0.215. The number of aryl methyl sites for hydroxylation is 1. The van der Waals surface area contributed by atoms with Gasteiger partial charge in [-0.2, -0.15) is 5.26 Å². The van der Waals surface area contributed by atoms with E-state index in [1.807, 2.05) is 13.0 Å². The molecule has 23 heavy (non-hydrogen) atoms. The number of nitrogens with zero attached hydrogens (tertiary/aromatic N) is 1. The average molecular weight is 330 g/mol. The molecule has 0 N–H and O–H groups in total. The topological polar surface area (TPSA) is 42.2 Å². The lowest BCUT2D eigenvalue weighted by Gasteiger charge is -2.15. The SMILES string of the molecule is Cc1ccc(C(C)C)c(OCCOc2ccc(Cl)cc2C#N)c1. The van der Waals surface area contributed by atoms with Crippen molar-refractivity contribution in [2.24, 2.45) is 0 Å². The molecule has 0 aliphatic carbocycles. The summed E-state index contributed by atoms with van der Waals surface area (Å²) < 4.78 is 11.5. The fraction of sp³-hybridized carbons (Fsp3) is 0.316. The Morgan fingerprint density at radius 2 is 1.74 bits per heavy atom. The molecule has 0 amide bonds. The van der Waals surface area contributed by atoms with Crippen LogP contribution in [0.25, 0.3) is 0 Å². The Morgan fingerprint density at radius 3 is 2.39 bits per heavy atom. The molecule has 0 saturated carbocycles. The van der Waals surface area contributed by atoms with Crippen molar-refractivity contribution in [1.82, 2.24) is 0 Å². The van der Waals surface area contributed by atoms with E-state index in [-0.39, 0.29) is 0 Å². The van der Waals surface area contributed by atoms with Crippen molar-refractivity contribution in [2.45, 2.75) is 26.7 Å². The van der Waals surface area contributed by atoms with Gasteiger partial charge in [-0.3, -0.25) is 0 Å². The molecule has 2 aromatic carbocycles. The summed E-state index contributed by atoms with van der Waals surface area (Å²) in [7, 11) is 0. The first-order chi connectivity index (χ1) is 11.0. The summed E-state index contributed by atoms with van der Waals surface area (Å²) in [5.74, 6) is 1.81. The molecule has 0 aliphatic heterocycles. The second-order valence-electron chi connectivity index (χ2n) is 5.65. The van der Waals surface area contributed by atoms with E-state index >= 15 is 0 Å². The molecule has 0 bridgehead atoms. The Hall–Kier alpha value is -2.18. The van der Waals surface area contributed by atoms with Crippen LogP contribution in [0.4, 0.5) is 0 Å². The van der Waals surface area contributed by atoms with Gasteiger partial charge < -0.3 is 9.47 Å². The first-order valence-electron chi connectivity index (χ1n) is 7.57. The van der Waals surface area contributed by atoms with E-state index < -0.39 is 0 Å². The molecule has 0 spiro atoms. The molecule has 0 heterocycles. The number of hydrogen-bond acceptors (Lipinski definition) is 3. The van der Waals surface area contributed by atoms with Gasteiger partial charge in [0.05, 0.1) is 5.56 Å². The molecule has 0 fully saturated rings. The maximum absolute atomic E-state index is 9.09. The van der Waals surface area contributed by atoms with Gasteiger partial charge >= 0.3 is 0 Å². The predicted molar refractivity (Wildman–Crippen MR) is 92.4 cm³/mol. The zero-order valence-corrected chi connectivity index (χ0v) is 14.4. The maximum atomic E-state index is 9.09. The molecule has 4 heteroatoms. The van der Waals surface area contributed by atoms with Gasteiger partial charge in [0.25, 0.3) is 0 Å². The van der Waals surface area contributed by atoms with Crippen molar-refractivity contribution < 1.29 is 9.47 Å². The number of halogens is 1. The molecule has 2 rings (SSSR count). The average Bonchev–Trinajstić information content (AvgIpc) is 2.52. The van der Waals surface area contributed by atoms with Gasteiger partial charge in [-0.05, 0) is 48.2 Å². The summed E-state index contributed by atoms with van der Waals surface area (Å²) in [6.45, 7) is 7.10. The third-order valence-electron chi connectivity index (χ3n) is 3.45. The minimum Gasteiger partial charge on any atom is -0.490 e. The fourth-order valence-electron chi connectivity index (χ4n) is 2.26. The Labute approximate surface area is 142 Å². The van der Waals surface area contributed by atoms with Crippen molar-refractivity contribution in [3.05, 3.63) is 58.1 Å². The number of rotatable bonds is 6. The largest absolute Gasteiger partial charge is 0.490 e. The van der Waals surface area contributed by atoms with Crippen molar-refractivity contribution in [2.75, 3.05) is 13.2 Å². The van der Waals surface area contributed by atoms with Gasteiger partial charge in [0, 0.05) is 5.02 Å². The molecule has 2 aromatic rings. The van der Waals surface area contributed by atoms with Crippen molar-refractivity contribution in [3.8, 4) is 17.6 Å². The van der Waals surface area contributed by atoms with Gasteiger partial charge in [-0.25, -0.2) is 0 Å². The lowest BCUT2D eigenvalue weighted by Crippen LogP contribution is -2.11. The highest BCUT2D eigenvalue weighted by Gasteiger charge is 2.09. The first kappa shape index (κ1) is 17.2. The first-order valence-corrected chi connectivity index (χ1v) is 7.95. The van der Waals surface area contributed by atoms with Crippen LogP contribution < -0.4 is 9.47 Å². The predicted octanol–water partition coefficient (Wildman–Crippen LogP) is 5.10. The zero-order chi connectivity index (χ0) is 16.8. The van der Waals surface area contributed by atoms with Gasteiger partial charge in [0.2, 0.25) is 0 Å². The summed E-state index contributed by atoms with van der Waals surface area (Å²) in [6.07, 6.45) is 0. The highest BCUT2D eigenvalue weighted by atomic mass is 35.5. The Kier molecular flexibility index (Phi) is 5.90. The molecule has 0 aliphatic rings. The van der Waals surface area contributed by atoms with Gasteiger partial charge in [0.1, 0.15) is 30.8 Å². The van der Waals surface area contributed by atoms with Crippen molar-refractivity contribution >= 4 is 11.6 Å². The molecule has 120 valence electrons. The molecular formula is C19H20ClNO2. The lowest BCUT2D eigenvalue weighted by atomic mass is 10.0. The highest BCUT2D eigenvalue weighted by Crippen LogP contribution is 2.27. The smallest absolute Gasteiger partial charge is 0.137 e. The monoisotopic (exact) mass is 329 g/mol. The van der Waals surface area contributed by atoms with E-state index in [0.29, 0.717) is 35.5 Å². The number of nitriles is 1. The second-order valence-corrected chi connectivity index (χ2v) is 6.08. The molecule has 0 aromatic heterocycles. The van der Waals surface area contributed by atoms with E-state index in [1.165, 1.54) is 5.56 Å². The van der Waals surface area contributed by atoms with Crippen LogP contribution in [0.15, 0.2) is 36.4 Å². The highest BCUT2D eigenvalue weighted by molar-refractivity contribution is 6.30. The third-order valence-corrected chi connectivity index (χ3v) is 3.69. The summed E-state index contributed by atoms with van der Waals surface area (Å²) in [5.41, 5.74) is 2.77. The Bertz CT molecular complexity index is 720. The van der Waals surface area contributed by atoms with Crippen LogP contribution in [-0.2, 0) is 0 Å². The molecule has 0 saturated heterocycles. The molecule has 0 atom stereocenters. The van der Waals surface area contributed by atoms with Crippen LogP contribution in [0.5, 0.6) is 11.5 Å². The van der Waals surface area contributed by atoms with E-state index in [4.69, 9.17) is 26.3 Å². The van der Waals surface area contributed by atoms with Gasteiger partial charge in [-0.15, -0.1) is 0 Å². The molecule has 0 radical (unpaired) electrons. The second kappa shape index (κ2) is 7.89. The molecular weight excluding hydrogens is 310 g/mol. The van der Waals surface area contributed by atoms with E-state index in [0.717, 1.165) is 11.3 Å². The van der Waals surface area contributed by atoms with Crippen LogP contribution in [-0.4, -0.2) is 13.2 Å². The van der Waals surface area contributed by atoms with Crippen molar-refractivity contribution in [3.63, 3.8) is 0 Å². The summed E-state index contributed by atoms with van der Waals surface area (Å²) in [4.78, 5) is 0. The van der Waals surface area contributed by atoms with Gasteiger partial charge in [0.15, 0.2) is 0 Å². The summed E-state index contributed by atoms with van der Waals surface area (Å²) in [5, 5.41) is 9.61. The Morgan fingerprint density at radius 1 is 1.04 bits per heavy atom. The van der Waals surface area contributed by atoms with Crippen LogP contribution in [0.2, 0.25) is 5.02 Å². The normalized spacial score (nSPS) is 10.4.